The van der Waals surface area contributed by atoms with Gasteiger partial charge >= 0.3 is 6.03 Å². The maximum absolute atomic E-state index is 12.2. The van der Waals surface area contributed by atoms with Gasteiger partial charge in [0.1, 0.15) is 23.8 Å². The molecule has 9 nitrogen and oxygen atoms in total. The fourth-order valence-corrected chi connectivity index (χ4v) is 3.40. The minimum Gasteiger partial charge on any atom is -0.492 e. The number of aromatic nitrogens is 2. The molecule has 4 rings (SSSR count). The van der Waals surface area contributed by atoms with E-state index in [0.29, 0.717) is 29.6 Å². The maximum Gasteiger partial charge on any atom is 0.324 e. The second-order valence-corrected chi connectivity index (χ2v) is 9.41. The maximum atomic E-state index is 12.2. The molecule has 2 amide bonds. The Bertz CT molecular complexity index is 1200. The molecular weight excluding hydrogens is 458 g/mol. The normalized spacial score (nSPS) is 14.0. The third-order valence-electron chi connectivity index (χ3n) is 5.48. The van der Waals surface area contributed by atoms with Crippen molar-refractivity contribution < 1.29 is 18.8 Å². The standard InChI is InChI=1S/C27H31N5O4/c1-27(2,3)24-18-25(31-36-24)30-26(33)29-22-9-8-21(28-19-22)7-4-20-5-10-23(11-6-20)35-17-14-32-12-15-34-16-13-32/h5-6,8-11,18-19H,12-17H2,1-3H3,(H2,29,30,31,33). The number of benzene rings is 1. The molecule has 36 heavy (non-hydrogen) atoms. The van der Waals surface area contributed by atoms with Crippen LogP contribution >= 0.6 is 0 Å². The van der Waals surface area contributed by atoms with Crippen molar-refractivity contribution in [2.75, 3.05) is 50.1 Å². The molecule has 1 aliphatic heterocycles. The van der Waals surface area contributed by atoms with Gasteiger partial charge in [-0.2, -0.15) is 0 Å². The van der Waals surface area contributed by atoms with Gasteiger partial charge in [-0.1, -0.05) is 31.8 Å². The molecule has 0 radical (unpaired) electrons. The summed E-state index contributed by atoms with van der Waals surface area (Å²) in [4.78, 5) is 18.9. The van der Waals surface area contributed by atoms with E-state index < -0.39 is 6.03 Å². The number of morpholine rings is 1. The number of hydrogen-bond acceptors (Lipinski definition) is 7. The first-order valence-corrected chi connectivity index (χ1v) is 11.9. The molecule has 2 N–H and O–H groups in total. The van der Waals surface area contributed by atoms with Crippen LogP contribution in [0.5, 0.6) is 5.75 Å². The Morgan fingerprint density at radius 1 is 1.08 bits per heavy atom. The zero-order valence-electron chi connectivity index (χ0n) is 20.8. The topological polar surface area (TPSA) is 102 Å². The lowest BCUT2D eigenvalue weighted by atomic mass is 9.93. The van der Waals surface area contributed by atoms with Gasteiger partial charge in [-0.15, -0.1) is 0 Å². The van der Waals surface area contributed by atoms with Crippen LogP contribution in [0, 0.1) is 11.8 Å². The van der Waals surface area contributed by atoms with E-state index in [9.17, 15) is 4.79 Å². The van der Waals surface area contributed by atoms with Crippen molar-refractivity contribution in [3.63, 3.8) is 0 Å². The largest absolute Gasteiger partial charge is 0.492 e. The number of carbonyl (C=O) groups is 1. The lowest BCUT2D eigenvalue weighted by Gasteiger charge is -2.26. The summed E-state index contributed by atoms with van der Waals surface area (Å²) in [5, 5.41) is 9.24. The Morgan fingerprint density at radius 2 is 1.86 bits per heavy atom. The Morgan fingerprint density at radius 3 is 2.53 bits per heavy atom. The number of nitrogens with zero attached hydrogens (tertiary/aromatic N) is 3. The third-order valence-corrected chi connectivity index (χ3v) is 5.48. The fourth-order valence-electron chi connectivity index (χ4n) is 3.40. The summed E-state index contributed by atoms with van der Waals surface area (Å²) in [6, 6.07) is 12.4. The van der Waals surface area contributed by atoms with E-state index in [1.165, 1.54) is 0 Å². The van der Waals surface area contributed by atoms with Crippen molar-refractivity contribution in [3.05, 3.63) is 65.7 Å². The van der Waals surface area contributed by atoms with Gasteiger partial charge in [0, 0.05) is 36.7 Å². The summed E-state index contributed by atoms with van der Waals surface area (Å²) < 4.78 is 16.5. The Labute approximate surface area is 211 Å². The number of anilines is 2. The number of nitrogens with one attached hydrogen (secondary N) is 2. The molecular formula is C27H31N5O4. The van der Waals surface area contributed by atoms with E-state index in [-0.39, 0.29) is 5.41 Å². The van der Waals surface area contributed by atoms with E-state index in [2.05, 4.69) is 37.5 Å². The first-order valence-electron chi connectivity index (χ1n) is 11.9. The molecule has 0 spiro atoms. The predicted octanol–water partition coefficient (Wildman–Crippen LogP) is 4.12. The Kier molecular flexibility index (Phi) is 8.21. The van der Waals surface area contributed by atoms with Gasteiger partial charge in [-0.25, -0.2) is 9.78 Å². The van der Waals surface area contributed by atoms with Crippen LogP contribution in [0.4, 0.5) is 16.3 Å². The molecule has 0 aliphatic carbocycles. The summed E-state index contributed by atoms with van der Waals surface area (Å²) in [6.07, 6.45) is 1.55. The average Bonchev–Trinajstić information content (AvgIpc) is 3.34. The van der Waals surface area contributed by atoms with Gasteiger partial charge in [-0.05, 0) is 42.3 Å². The second kappa shape index (κ2) is 11.7. The van der Waals surface area contributed by atoms with Crippen molar-refractivity contribution in [2.24, 2.45) is 0 Å². The summed E-state index contributed by atoms with van der Waals surface area (Å²) in [6.45, 7) is 11.0. The summed E-state index contributed by atoms with van der Waals surface area (Å²) >= 11 is 0. The van der Waals surface area contributed by atoms with Crippen LogP contribution in [-0.4, -0.2) is 60.5 Å². The van der Waals surface area contributed by atoms with Gasteiger partial charge in [0.2, 0.25) is 0 Å². The number of amides is 2. The number of rotatable bonds is 6. The van der Waals surface area contributed by atoms with E-state index in [1.54, 1.807) is 24.4 Å². The van der Waals surface area contributed by atoms with Crippen LogP contribution in [0.2, 0.25) is 0 Å². The van der Waals surface area contributed by atoms with Crippen LogP contribution in [-0.2, 0) is 10.2 Å². The highest BCUT2D eigenvalue weighted by Gasteiger charge is 2.20. The zero-order chi connectivity index (χ0) is 25.4. The Hall–Kier alpha value is -3.87. The van der Waals surface area contributed by atoms with Crippen molar-refractivity contribution >= 4 is 17.5 Å². The van der Waals surface area contributed by atoms with E-state index in [0.717, 1.165) is 44.2 Å². The quantitative estimate of drug-likeness (QED) is 0.502. The van der Waals surface area contributed by atoms with Crippen LogP contribution < -0.4 is 15.4 Å². The number of ether oxygens (including phenoxy) is 2. The number of urea groups is 1. The molecule has 3 aromatic rings. The molecule has 0 saturated carbocycles. The minimum atomic E-state index is -0.434. The highest BCUT2D eigenvalue weighted by molar-refractivity contribution is 5.99. The molecule has 1 saturated heterocycles. The number of carbonyl (C=O) groups excluding carboxylic acids is 1. The van der Waals surface area contributed by atoms with Crippen LogP contribution in [0.1, 0.15) is 37.8 Å². The van der Waals surface area contributed by atoms with E-state index in [4.69, 9.17) is 14.0 Å². The molecule has 0 unspecified atom stereocenters. The monoisotopic (exact) mass is 489 g/mol. The molecule has 3 heterocycles. The third kappa shape index (κ3) is 7.57. The molecule has 1 fully saturated rings. The minimum absolute atomic E-state index is 0.191. The average molecular weight is 490 g/mol. The summed E-state index contributed by atoms with van der Waals surface area (Å²) in [5.41, 5.74) is 1.80. The highest BCUT2D eigenvalue weighted by atomic mass is 16.5. The fraction of sp³-hybridized carbons (Fsp3) is 0.370. The van der Waals surface area contributed by atoms with Crippen molar-refractivity contribution in [2.45, 2.75) is 26.2 Å². The lowest BCUT2D eigenvalue weighted by Crippen LogP contribution is -2.38. The highest BCUT2D eigenvalue weighted by Crippen LogP contribution is 2.24. The summed E-state index contributed by atoms with van der Waals surface area (Å²) in [7, 11) is 0. The van der Waals surface area contributed by atoms with Crippen LogP contribution in [0.15, 0.2) is 53.2 Å². The van der Waals surface area contributed by atoms with Gasteiger partial charge in [0.25, 0.3) is 0 Å². The molecule has 0 atom stereocenters. The molecule has 1 aliphatic rings. The molecule has 0 bridgehead atoms. The summed E-state index contributed by atoms with van der Waals surface area (Å²) in [5.74, 6) is 7.98. The van der Waals surface area contributed by atoms with Crippen LogP contribution in [0.3, 0.4) is 0 Å². The molecule has 188 valence electrons. The van der Waals surface area contributed by atoms with Gasteiger partial charge in [0.15, 0.2) is 5.82 Å². The Balaban J connectivity index is 1.24. The smallest absolute Gasteiger partial charge is 0.324 e. The first-order chi connectivity index (χ1) is 17.3. The first kappa shape index (κ1) is 25.2. The molecule has 2 aromatic heterocycles. The van der Waals surface area contributed by atoms with Crippen molar-refractivity contribution in [3.8, 4) is 17.6 Å². The SMILES string of the molecule is CC(C)(C)c1cc(NC(=O)Nc2ccc(C#Cc3ccc(OCCN4CCOCC4)cc3)nc2)no1. The van der Waals surface area contributed by atoms with Gasteiger partial charge < -0.3 is 19.3 Å². The van der Waals surface area contributed by atoms with Crippen LogP contribution in [0.25, 0.3) is 0 Å². The lowest BCUT2D eigenvalue weighted by molar-refractivity contribution is 0.0322. The van der Waals surface area contributed by atoms with Crippen molar-refractivity contribution in [1.29, 1.82) is 0 Å². The van der Waals surface area contributed by atoms with Crippen molar-refractivity contribution in [1.82, 2.24) is 15.0 Å². The number of pyridine rings is 1. The predicted molar refractivity (Wildman–Crippen MR) is 137 cm³/mol. The van der Waals surface area contributed by atoms with Gasteiger partial charge in [0.05, 0.1) is 25.1 Å². The number of hydrogen-bond donors (Lipinski definition) is 2. The van der Waals surface area contributed by atoms with E-state index >= 15 is 0 Å². The zero-order valence-corrected chi connectivity index (χ0v) is 20.8. The molecule has 1 aromatic carbocycles. The van der Waals surface area contributed by atoms with E-state index in [1.807, 2.05) is 45.0 Å². The van der Waals surface area contributed by atoms with Gasteiger partial charge in [-0.3, -0.25) is 10.2 Å². The second-order valence-electron chi connectivity index (χ2n) is 9.41. The molecule has 9 heteroatoms.